The number of ether oxygens (including phenoxy) is 1. The number of fused-ring (bicyclic) bond motifs is 1. The molecule has 1 aromatic carbocycles. The number of halogens is 2. The Hall–Kier alpha value is -1.81. The zero-order chi connectivity index (χ0) is 29.2. The maximum absolute atomic E-state index is 13.6. The molecule has 1 aliphatic carbocycles. The van der Waals surface area contributed by atoms with E-state index in [1.807, 2.05) is 0 Å². The molecule has 0 spiro atoms. The summed E-state index contributed by atoms with van der Waals surface area (Å²) in [6.07, 6.45) is 5.83. The van der Waals surface area contributed by atoms with Gasteiger partial charge in [0.1, 0.15) is 5.00 Å². The quantitative estimate of drug-likeness (QED) is 0.293. The third-order valence-electron chi connectivity index (χ3n) is 7.77. The maximum Gasteiger partial charge on any atom is 0.256 e. The van der Waals surface area contributed by atoms with Gasteiger partial charge in [-0.3, -0.25) is 9.59 Å². The summed E-state index contributed by atoms with van der Waals surface area (Å²) in [6, 6.07) is 2.60. The first kappa shape index (κ1) is 31.1. The number of hydrogen-bond acceptors (Lipinski definition) is 6. The Morgan fingerprint density at radius 3 is 2.40 bits per heavy atom. The van der Waals surface area contributed by atoms with Gasteiger partial charge in [0.15, 0.2) is 15.6 Å². The summed E-state index contributed by atoms with van der Waals surface area (Å²) < 4.78 is 29.7. The Labute approximate surface area is 251 Å². The molecule has 11 heteroatoms. The van der Waals surface area contributed by atoms with E-state index in [0.29, 0.717) is 35.3 Å². The second-order valence-electron chi connectivity index (χ2n) is 11.9. The molecule has 2 unspecified atom stereocenters. The predicted molar refractivity (Wildman–Crippen MR) is 163 cm³/mol. The molecule has 4 rings (SSSR count). The van der Waals surface area contributed by atoms with E-state index in [-0.39, 0.29) is 38.4 Å². The molecule has 1 aliphatic heterocycles. The molecule has 2 amide bonds. The number of sulfone groups is 1. The summed E-state index contributed by atoms with van der Waals surface area (Å²) in [6.45, 7) is 9.25. The van der Waals surface area contributed by atoms with Gasteiger partial charge in [0.25, 0.3) is 11.8 Å². The van der Waals surface area contributed by atoms with E-state index in [4.69, 9.17) is 27.9 Å². The summed E-state index contributed by atoms with van der Waals surface area (Å²) >= 11 is 14.3. The van der Waals surface area contributed by atoms with E-state index in [2.05, 4.69) is 38.3 Å². The fourth-order valence-electron chi connectivity index (χ4n) is 5.35. The van der Waals surface area contributed by atoms with Crippen LogP contribution in [0.5, 0.6) is 5.75 Å². The Morgan fingerprint density at radius 1 is 1.10 bits per heavy atom. The molecule has 7 nitrogen and oxygen atoms in total. The van der Waals surface area contributed by atoms with Gasteiger partial charge in [-0.2, -0.15) is 0 Å². The molecule has 1 saturated heterocycles. The number of anilines is 1. The van der Waals surface area contributed by atoms with Crippen molar-refractivity contribution < 1.29 is 22.7 Å². The summed E-state index contributed by atoms with van der Waals surface area (Å²) in [5.41, 5.74) is 1.73. The highest BCUT2D eigenvalue weighted by molar-refractivity contribution is 7.91. The number of hydrogen-bond donors (Lipinski definition) is 2. The number of carbonyl (C=O) groups excluding carboxylic acids is 2. The zero-order valence-corrected chi connectivity index (χ0v) is 26.6. The monoisotopic (exact) mass is 628 g/mol. The molecule has 0 bridgehead atoms. The highest BCUT2D eigenvalue weighted by Gasteiger charge is 2.36. The number of rotatable bonds is 9. The second kappa shape index (κ2) is 12.6. The van der Waals surface area contributed by atoms with Crippen LogP contribution in [0.4, 0.5) is 5.00 Å². The van der Waals surface area contributed by atoms with Crippen LogP contribution in [0.15, 0.2) is 12.1 Å². The summed E-state index contributed by atoms with van der Waals surface area (Å²) in [7, 11) is -3.15. The Balaban J connectivity index is 1.60. The summed E-state index contributed by atoms with van der Waals surface area (Å²) in [4.78, 5) is 28.0. The molecule has 0 saturated carbocycles. The van der Waals surface area contributed by atoms with Crippen molar-refractivity contribution >= 4 is 61.2 Å². The van der Waals surface area contributed by atoms with E-state index >= 15 is 0 Å². The van der Waals surface area contributed by atoms with Crippen LogP contribution in [0.2, 0.25) is 10.0 Å². The van der Waals surface area contributed by atoms with Crippen molar-refractivity contribution in [2.45, 2.75) is 78.7 Å². The Bertz CT molecular complexity index is 1360. The van der Waals surface area contributed by atoms with Crippen molar-refractivity contribution in [2.24, 2.45) is 11.3 Å². The van der Waals surface area contributed by atoms with Crippen LogP contribution in [0, 0.1) is 11.3 Å². The van der Waals surface area contributed by atoms with E-state index in [1.54, 1.807) is 0 Å². The first-order valence-corrected chi connectivity index (χ1v) is 17.3. The number of benzene rings is 1. The molecule has 2 heterocycles. The second-order valence-corrected chi connectivity index (χ2v) is 16.0. The fraction of sp³-hybridized carbons (Fsp3) is 0.586. The lowest BCUT2D eigenvalue weighted by Crippen LogP contribution is -2.36. The Morgan fingerprint density at radius 2 is 1.80 bits per heavy atom. The molecule has 2 aromatic rings. The highest BCUT2D eigenvalue weighted by atomic mass is 35.5. The van der Waals surface area contributed by atoms with Crippen molar-refractivity contribution in [3.05, 3.63) is 43.7 Å². The number of amides is 2. The van der Waals surface area contributed by atoms with Gasteiger partial charge < -0.3 is 15.4 Å². The average Bonchev–Trinajstić information content (AvgIpc) is 3.40. The first-order chi connectivity index (χ1) is 18.8. The minimum Gasteiger partial charge on any atom is -0.490 e. The van der Waals surface area contributed by atoms with Crippen LogP contribution in [0.3, 0.4) is 0 Å². The van der Waals surface area contributed by atoms with Gasteiger partial charge in [0, 0.05) is 16.5 Å². The highest BCUT2D eigenvalue weighted by Crippen LogP contribution is 2.44. The van der Waals surface area contributed by atoms with Crippen LogP contribution in [0.1, 0.15) is 91.0 Å². The van der Waals surface area contributed by atoms with Gasteiger partial charge in [-0.25, -0.2) is 8.42 Å². The predicted octanol–water partition coefficient (Wildman–Crippen LogP) is 6.94. The lowest BCUT2D eigenvalue weighted by molar-refractivity contribution is 0.0941. The third kappa shape index (κ3) is 7.33. The van der Waals surface area contributed by atoms with Gasteiger partial charge in [0.05, 0.1) is 33.7 Å². The van der Waals surface area contributed by atoms with E-state index in [0.717, 1.165) is 49.0 Å². The van der Waals surface area contributed by atoms with E-state index in [9.17, 15) is 18.0 Å². The lowest BCUT2D eigenvalue weighted by atomic mass is 9.72. The Kier molecular flexibility index (Phi) is 9.80. The fourth-order valence-corrected chi connectivity index (χ4v) is 8.94. The van der Waals surface area contributed by atoms with E-state index < -0.39 is 21.8 Å². The molecule has 40 heavy (non-hydrogen) atoms. The van der Waals surface area contributed by atoms with Crippen molar-refractivity contribution in [3.63, 3.8) is 0 Å². The smallest absolute Gasteiger partial charge is 0.256 e. The number of carbonyl (C=O) groups is 2. The maximum atomic E-state index is 13.6. The molecule has 220 valence electrons. The molecular formula is C29H38Cl2N2O5S2. The molecule has 2 atom stereocenters. The number of unbranched alkanes of at least 4 members (excludes halogenated alkanes) is 2. The summed E-state index contributed by atoms with van der Waals surface area (Å²) in [5.74, 6) is 0.00258. The van der Waals surface area contributed by atoms with Crippen molar-refractivity contribution in [3.8, 4) is 5.75 Å². The van der Waals surface area contributed by atoms with Gasteiger partial charge in [-0.15, -0.1) is 11.3 Å². The van der Waals surface area contributed by atoms with Crippen LogP contribution in [-0.4, -0.2) is 44.4 Å². The first-order valence-electron chi connectivity index (χ1n) is 13.9. The minimum absolute atomic E-state index is 0.0659. The van der Waals surface area contributed by atoms with E-state index in [1.165, 1.54) is 23.5 Å². The van der Waals surface area contributed by atoms with Crippen molar-refractivity contribution in [2.75, 3.05) is 23.4 Å². The van der Waals surface area contributed by atoms with Crippen molar-refractivity contribution in [1.82, 2.24) is 5.32 Å². The molecule has 1 fully saturated rings. The number of nitrogens with one attached hydrogen (secondary N) is 2. The molecule has 0 radical (unpaired) electrons. The zero-order valence-electron chi connectivity index (χ0n) is 23.5. The lowest BCUT2D eigenvalue weighted by Gasteiger charge is -2.33. The largest absolute Gasteiger partial charge is 0.490 e. The minimum atomic E-state index is -3.15. The molecule has 2 N–H and O–H groups in total. The van der Waals surface area contributed by atoms with Crippen LogP contribution < -0.4 is 15.4 Å². The van der Waals surface area contributed by atoms with Crippen molar-refractivity contribution in [1.29, 1.82) is 0 Å². The molecule has 1 aromatic heterocycles. The van der Waals surface area contributed by atoms with Crippen LogP contribution in [-0.2, 0) is 22.7 Å². The van der Waals surface area contributed by atoms with Gasteiger partial charge in [-0.05, 0) is 61.1 Å². The molecule has 2 aliphatic rings. The van der Waals surface area contributed by atoms with Gasteiger partial charge >= 0.3 is 0 Å². The topological polar surface area (TPSA) is 102 Å². The van der Waals surface area contributed by atoms with Crippen LogP contribution >= 0.6 is 34.5 Å². The normalized spacial score (nSPS) is 20.1. The van der Waals surface area contributed by atoms with Gasteiger partial charge in [-0.1, -0.05) is 63.7 Å². The summed E-state index contributed by atoms with van der Waals surface area (Å²) in [5, 5.41) is 6.79. The molecular weight excluding hydrogens is 591 g/mol. The van der Waals surface area contributed by atoms with Crippen LogP contribution in [0.25, 0.3) is 0 Å². The third-order valence-corrected chi connectivity index (χ3v) is 11.3. The average molecular weight is 630 g/mol. The van der Waals surface area contributed by atoms with Gasteiger partial charge in [0.2, 0.25) is 0 Å². The standard InChI is InChI=1S/C29H38Cl2N2O5S2/c1-5-6-7-11-38-25-21(30)13-17(14-22(25)31)26(34)33-28-24(27(35)32-19-10-12-40(36,37)16-19)20-9-8-18(29(2,3)4)15-23(20)39-28/h13-14,18-19H,5-12,15-16H2,1-4H3,(H,32,35)(H,33,34). The SMILES string of the molecule is CCCCCOc1c(Cl)cc(C(=O)Nc2sc3c(c2C(=O)NC2CCS(=O)(=O)C2)CCC(C(C)(C)C)C3)cc1Cl. The number of thiophene rings is 1.